The second-order valence-electron chi connectivity index (χ2n) is 6.54. The van der Waals surface area contributed by atoms with E-state index in [1.807, 2.05) is 27.9 Å². The van der Waals surface area contributed by atoms with Gasteiger partial charge in [-0.1, -0.05) is 0 Å². The Hall–Kier alpha value is -2.97. The Morgan fingerprint density at radius 3 is 3.04 bits per heavy atom. The van der Waals surface area contributed by atoms with Crippen molar-refractivity contribution in [2.24, 2.45) is 0 Å². The Bertz CT molecular complexity index is 931. The predicted molar refractivity (Wildman–Crippen MR) is 90.5 cm³/mol. The van der Waals surface area contributed by atoms with Crippen LogP contribution in [0.15, 0.2) is 30.9 Å². The summed E-state index contributed by atoms with van der Waals surface area (Å²) in [7, 11) is 0. The number of rotatable bonds is 3. The van der Waals surface area contributed by atoms with Crippen molar-refractivity contribution in [1.29, 1.82) is 0 Å². The van der Waals surface area contributed by atoms with Crippen molar-refractivity contribution in [2.75, 3.05) is 29.4 Å². The van der Waals surface area contributed by atoms with E-state index in [1.54, 1.807) is 17.0 Å². The first-order valence-electron chi connectivity index (χ1n) is 8.54. The topological polar surface area (TPSA) is 84.5 Å². The van der Waals surface area contributed by atoms with Crippen molar-refractivity contribution in [1.82, 2.24) is 29.6 Å². The van der Waals surface area contributed by atoms with Crippen molar-refractivity contribution in [3.8, 4) is 0 Å². The number of anilines is 2. The lowest BCUT2D eigenvalue weighted by Gasteiger charge is -2.17. The molecule has 0 aromatic carbocycles. The lowest BCUT2D eigenvalue weighted by atomic mass is 10.3. The maximum atomic E-state index is 11.9. The van der Waals surface area contributed by atoms with Crippen LogP contribution in [0, 0.1) is 0 Å². The molecule has 9 nitrogen and oxygen atoms in total. The number of hydrogen-bond donors (Lipinski definition) is 0. The predicted octanol–water partition coefficient (Wildman–Crippen LogP) is 0.899. The van der Waals surface area contributed by atoms with E-state index < -0.39 is 0 Å². The standard InChI is InChI=1S/C16H18N8O/c25-16-2-1-6-22(16)13-8-18-23(10-13)12-5-7-21(9-12)15-4-3-14-19-17-11-24(14)20-15/h3-4,8,10-12H,1-2,5-7,9H2. The number of nitrogens with zero attached hydrogens (tertiary/aromatic N) is 8. The Morgan fingerprint density at radius 1 is 1.20 bits per heavy atom. The first kappa shape index (κ1) is 14.4. The third kappa shape index (κ3) is 2.43. The molecule has 1 unspecified atom stereocenters. The Kier molecular flexibility index (Phi) is 3.19. The molecule has 2 aliphatic heterocycles. The summed E-state index contributed by atoms with van der Waals surface area (Å²) in [5.74, 6) is 1.11. The fourth-order valence-electron chi connectivity index (χ4n) is 3.64. The second kappa shape index (κ2) is 5.54. The molecule has 1 atom stereocenters. The minimum Gasteiger partial charge on any atom is -0.353 e. The number of carbonyl (C=O) groups excluding carboxylic acids is 1. The Labute approximate surface area is 143 Å². The van der Waals surface area contributed by atoms with Crippen LogP contribution in [0.2, 0.25) is 0 Å². The normalized spacial score (nSPS) is 21.0. The zero-order valence-corrected chi connectivity index (χ0v) is 13.7. The molecule has 2 saturated heterocycles. The molecule has 3 aromatic heterocycles. The molecule has 0 aliphatic carbocycles. The summed E-state index contributed by atoms with van der Waals surface area (Å²) in [6.45, 7) is 2.56. The van der Waals surface area contributed by atoms with Crippen LogP contribution in [0.25, 0.3) is 5.65 Å². The molecule has 3 aromatic rings. The molecule has 0 N–H and O–H groups in total. The third-order valence-electron chi connectivity index (χ3n) is 4.98. The van der Waals surface area contributed by atoms with Crippen molar-refractivity contribution in [2.45, 2.75) is 25.3 Å². The maximum Gasteiger partial charge on any atom is 0.227 e. The number of carbonyl (C=O) groups is 1. The van der Waals surface area contributed by atoms with Crippen molar-refractivity contribution in [3.05, 3.63) is 30.9 Å². The molecular weight excluding hydrogens is 320 g/mol. The molecule has 0 saturated carbocycles. The lowest BCUT2D eigenvalue weighted by molar-refractivity contribution is -0.117. The highest BCUT2D eigenvalue weighted by Gasteiger charge is 2.28. The minimum absolute atomic E-state index is 0.194. The van der Waals surface area contributed by atoms with Crippen LogP contribution in [-0.4, -0.2) is 55.1 Å². The van der Waals surface area contributed by atoms with Gasteiger partial charge in [0.2, 0.25) is 5.91 Å². The van der Waals surface area contributed by atoms with Gasteiger partial charge in [0.1, 0.15) is 12.1 Å². The van der Waals surface area contributed by atoms with Crippen molar-refractivity contribution < 1.29 is 4.79 Å². The Morgan fingerprint density at radius 2 is 2.16 bits per heavy atom. The van der Waals surface area contributed by atoms with Crippen LogP contribution in [0.5, 0.6) is 0 Å². The Balaban J connectivity index is 1.33. The van der Waals surface area contributed by atoms with Crippen LogP contribution >= 0.6 is 0 Å². The number of amides is 1. The molecule has 2 fully saturated rings. The average Bonchev–Trinajstić information content (AvgIpc) is 3.39. The van der Waals surface area contributed by atoms with Crippen LogP contribution in [0.3, 0.4) is 0 Å². The molecule has 0 bridgehead atoms. The molecule has 9 heteroatoms. The molecule has 128 valence electrons. The summed E-state index contributed by atoms with van der Waals surface area (Å²) in [6.07, 6.45) is 7.97. The SMILES string of the molecule is O=C1CCCN1c1cnn(C2CCN(c3ccc4nncn4n3)C2)c1. The van der Waals surface area contributed by atoms with Gasteiger partial charge in [0, 0.05) is 32.3 Å². The van der Waals surface area contributed by atoms with Gasteiger partial charge >= 0.3 is 0 Å². The second-order valence-corrected chi connectivity index (χ2v) is 6.54. The van der Waals surface area contributed by atoms with Crippen LogP contribution in [0.4, 0.5) is 11.5 Å². The first-order chi connectivity index (χ1) is 12.3. The average molecular weight is 338 g/mol. The number of hydrogen-bond acceptors (Lipinski definition) is 6. The fraction of sp³-hybridized carbons (Fsp3) is 0.438. The van der Waals surface area contributed by atoms with Crippen LogP contribution < -0.4 is 9.80 Å². The van der Waals surface area contributed by atoms with Crippen LogP contribution in [-0.2, 0) is 4.79 Å². The van der Waals surface area contributed by atoms with Gasteiger partial charge < -0.3 is 9.80 Å². The van der Waals surface area contributed by atoms with Gasteiger partial charge in [0.05, 0.1) is 17.9 Å². The van der Waals surface area contributed by atoms with E-state index >= 15 is 0 Å². The summed E-state index contributed by atoms with van der Waals surface area (Å²) >= 11 is 0. The summed E-state index contributed by atoms with van der Waals surface area (Å²) in [4.78, 5) is 16.0. The van der Waals surface area contributed by atoms with E-state index in [-0.39, 0.29) is 11.9 Å². The summed E-state index contributed by atoms with van der Waals surface area (Å²) in [5, 5.41) is 16.9. The zero-order chi connectivity index (χ0) is 16.8. The molecule has 5 heterocycles. The van der Waals surface area contributed by atoms with Gasteiger partial charge in [0.15, 0.2) is 5.65 Å². The van der Waals surface area contributed by atoms with E-state index in [0.717, 1.165) is 49.6 Å². The van der Waals surface area contributed by atoms with Gasteiger partial charge in [0.25, 0.3) is 0 Å². The summed E-state index contributed by atoms with van der Waals surface area (Å²) in [5.41, 5.74) is 1.65. The smallest absolute Gasteiger partial charge is 0.227 e. The highest BCUT2D eigenvalue weighted by atomic mass is 16.2. The first-order valence-corrected chi connectivity index (χ1v) is 8.54. The molecule has 25 heavy (non-hydrogen) atoms. The minimum atomic E-state index is 0.194. The van der Waals surface area contributed by atoms with E-state index in [9.17, 15) is 4.79 Å². The van der Waals surface area contributed by atoms with Crippen molar-refractivity contribution >= 4 is 23.1 Å². The monoisotopic (exact) mass is 338 g/mol. The van der Waals surface area contributed by atoms with Crippen molar-refractivity contribution in [3.63, 3.8) is 0 Å². The molecule has 5 rings (SSSR count). The maximum absolute atomic E-state index is 11.9. The zero-order valence-electron chi connectivity index (χ0n) is 13.7. The fourth-order valence-corrected chi connectivity index (χ4v) is 3.64. The summed E-state index contributed by atoms with van der Waals surface area (Å²) in [6, 6.07) is 4.18. The third-order valence-corrected chi connectivity index (χ3v) is 4.98. The highest BCUT2D eigenvalue weighted by Crippen LogP contribution is 2.28. The molecule has 1 amide bonds. The van der Waals surface area contributed by atoms with Gasteiger partial charge in [-0.15, -0.1) is 15.3 Å². The highest BCUT2D eigenvalue weighted by molar-refractivity contribution is 5.95. The quantitative estimate of drug-likeness (QED) is 0.705. The van der Waals surface area contributed by atoms with Gasteiger partial charge in [-0.3, -0.25) is 9.48 Å². The van der Waals surface area contributed by atoms with E-state index in [4.69, 9.17) is 0 Å². The van der Waals surface area contributed by atoms with Gasteiger partial charge in [-0.25, -0.2) is 0 Å². The molecular formula is C16H18N8O. The van der Waals surface area contributed by atoms with Crippen LogP contribution in [0.1, 0.15) is 25.3 Å². The van der Waals surface area contributed by atoms with E-state index in [2.05, 4.69) is 25.3 Å². The van der Waals surface area contributed by atoms with E-state index in [0.29, 0.717) is 6.42 Å². The lowest BCUT2D eigenvalue weighted by Crippen LogP contribution is -2.23. The molecule has 0 spiro atoms. The molecule has 0 radical (unpaired) electrons. The summed E-state index contributed by atoms with van der Waals surface area (Å²) < 4.78 is 3.67. The number of aromatic nitrogens is 6. The molecule has 2 aliphatic rings. The van der Waals surface area contributed by atoms with E-state index in [1.165, 1.54) is 0 Å². The van der Waals surface area contributed by atoms with Gasteiger partial charge in [-0.2, -0.15) is 9.61 Å². The number of fused-ring (bicyclic) bond motifs is 1. The largest absolute Gasteiger partial charge is 0.353 e. The van der Waals surface area contributed by atoms with Gasteiger partial charge in [-0.05, 0) is 25.0 Å².